The van der Waals surface area contributed by atoms with Gasteiger partial charge < -0.3 is 20.4 Å². The van der Waals surface area contributed by atoms with E-state index in [1.807, 2.05) is 0 Å². The fourth-order valence-corrected chi connectivity index (χ4v) is 2.49. The number of nitrogens with zero attached hydrogens (tertiary/aromatic N) is 1. The summed E-state index contributed by atoms with van der Waals surface area (Å²) in [5, 5.41) is 0. The summed E-state index contributed by atoms with van der Waals surface area (Å²) in [6, 6.07) is 1.51. The second kappa shape index (κ2) is 5.66. The van der Waals surface area contributed by atoms with E-state index in [4.69, 9.17) is 10.5 Å². The Labute approximate surface area is 118 Å². The molecule has 6 heteroatoms. The van der Waals surface area contributed by atoms with Gasteiger partial charge in [-0.25, -0.2) is 0 Å². The standard InChI is InChI=1S/C14H21N3O3/c1-14(20-2)4-3-6-17(7-5-14)13(19)11-8-10(9-16-11)12(15)18/h8-9,16H,3-7H2,1-2H3,(H2,15,18). The fourth-order valence-electron chi connectivity index (χ4n) is 2.49. The molecule has 1 aliphatic heterocycles. The molecule has 1 aromatic heterocycles. The van der Waals surface area contributed by atoms with Gasteiger partial charge in [0.05, 0.1) is 11.2 Å². The van der Waals surface area contributed by atoms with Crippen LogP contribution in [0.4, 0.5) is 0 Å². The number of nitrogens with two attached hydrogens (primary N) is 1. The molecule has 1 atom stereocenters. The SMILES string of the molecule is COC1(C)CCCN(C(=O)c2cc(C(N)=O)c[nH]2)CC1. The molecule has 1 unspecified atom stereocenters. The van der Waals surface area contributed by atoms with E-state index in [0.29, 0.717) is 24.3 Å². The lowest BCUT2D eigenvalue weighted by Gasteiger charge is -2.26. The van der Waals surface area contributed by atoms with Crippen LogP contribution in [-0.4, -0.2) is 47.5 Å². The second-order valence-electron chi connectivity index (χ2n) is 5.47. The number of nitrogens with one attached hydrogen (secondary N) is 1. The zero-order valence-electron chi connectivity index (χ0n) is 11.9. The predicted molar refractivity (Wildman–Crippen MR) is 74.5 cm³/mol. The zero-order chi connectivity index (χ0) is 14.8. The lowest BCUT2D eigenvalue weighted by molar-refractivity contribution is -0.00538. The molecule has 1 saturated heterocycles. The normalized spacial score (nSPS) is 23.4. The maximum absolute atomic E-state index is 12.4. The largest absolute Gasteiger partial charge is 0.378 e. The summed E-state index contributed by atoms with van der Waals surface area (Å²) < 4.78 is 5.52. The minimum absolute atomic E-state index is 0.0992. The molecule has 0 radical (unpaired) electrons. The highest BCUT2D eigenvalue weighted by Crippen LogP contribution is 2.25. The smallest absolute Gasteiger partial charge is 0.270 e. The molecule has 0 spiro atoms. The van der Waals surface area contributed by atoms with Crippen LogP contribution in [0.1, 0.15) is 47.0 Å². The van der Waals surface area contributed by atoms with Gasteiger partial charge in [-0.3, -0.25) is 9.59 Å². The number of H-pyrrole nitrogens is 1. The number of rotatable bonds is 3. The van der Waals surface area contributed by atoms with E-state index in [9.17, 15) is 9.59 Å². The molecule has 0 bridgehead atoms. The van der Waals surface area contributed by atoms with Crippen molar-refractivity contribution in [3.8, 4) is 0 Å². The van der Waals surface area contributed by atoms with Crippen LogP contribution in [0.3, 0.4) is 0 Å². The first-order valence-electron chi connectivity index (χ1n) is 6.78. The van der Waals surface area contributed by atoms with E-state index >= 15 is 0 Å². The lowest BCUT2D eigenvalue weighted by Crippen LogP contribution is -2.34. The van der Waals surface area contributed by atoms with Crippen molar-refractivity contribution < 1.29 is 14.3 Å². The minimum atomic E-state index is -0.539. The highest BCUT2D eigenvalue weighted by Gasteiger charge is 2.29. The number of aromatic nitrogens is 1. The van der Waals surface area contributed by atoms with E-state index in [2.05, 4.69) is 11.9 Å². The fraction of sp³-hybridized carbons (Fsp3) is 0.571. The number of amides is 2. The molecular weight excluding hydrogens is 258 g/mol. The molecule has 2 rings (SSSR count). The van der Waals surface area contributed by atoms with Crippen molar-refractivity contribution in [2.45, 2.75) is 31.8 Å². The summed E-state index contributed by atoms with van der Waals surface area (Å²) in [5.41, 5.74) is 5.75. The van der Waals surface area contributed by atoms with Crippen molar-refractivity contribution >= 4 is 11.8 Å². The Morgan fingerprint density at radius 1 is 1.40 bits per heavy atom. The van der Waals surface area contributed by atoms with Crippen LogP contribution >= 0.6 is 0 Å². The van der Waals surface area contributed by atoms with Crippen LogP contribution in [0.15, 0.2) is 12.3 Å². The maximum atomic E-state index is 12.4. The maximum Gasteiger partial charge on any atom is 0.270 e. The molecule has 1 aliphatic rings. The average Bonchev–Trinajstić information content (AvgIpc) is 2.83. The Morgan fingerprint density at radius 2 is 2.15 bits per heavy atom. The van der Waals surface area contributed by atoms with E-state index in [0.717, 1.165) is 19.3 Å². The van der Waals surface area contributed by atoms with Crippen LogP contribution in [0.5, 0.6) is 0 Å². The Kier molecular flexibility index (Phi) is 4.13. The number of ether oxygens (including phenoxy) is 1. The first kappa shape index (κ1) is 14.6. The third-order valence-electron chi connectivity index (χ3n) is 4.02. The Balaban J connectivity index is 2.07. The van der Waals surface area contributed by atoms with Gasteiger partial charge in [0, 0.05) is 26.4 Å². The third kappa shape index (κ3) is 3.01. The summed E-state index contributed by atoms with van der Waals surface area (Å²) in [7, 11) is 1.71. The number of hydrogen-bond acceptors (Lipinski definition) is 3. The van der Waals surface area contributed by atoms with E-state index < -0.39 is 5.91 Å². The summed E-state index contributed by atoms with van der Waals surface area (Å²) in [6.07, 6.45) is 4.11. The van der Waals surface area contributed by atoms with Gasteiger partial charge in [0.1, 0.15) is 5.69 Å². The third-order valence-corrected chi connectivity index (χ3v) is 4.02. The van der Waals surface area contributed by atoms with Crippen molar-refractivity contribution in [1.29, 1.82) is 0 Å². The quantitative estimate of drug-likeness (QED) is 0.869. The molecular formula is C14H21N3O3. The highest BCUT2D eigenvalue weighted by molar-refractivity contribution is 5.98. The zero-order valence-corrected chi connectivity index (χ0v) is 11.9. The van der Waals surface area contributed by atoms with Gasteiger partial charge in [-0.1, -0.05) is 0 Å². The number of likely N-dealkylation sites (tertiary alicyclic amines) is 1. The number of aromatic amines is 1. The number of primary amides is 1. The average molecular weight is 279 g/mol. The Hall–Kier alpha value is -1.82. The first-order chi connectivity index (χ1) is 9.45. The van der Waals surface area contributed by atoms with Crippen molar-refractivity contribution in [3.63, 3.8) is 0 Å². The number of carbonyl (C=O) groups is 2. The topological polar surface area (TPSA) is 88.4 Å². The van der Waals surface area contributed by atoms with Crippen molar-refractivity contribution in [1.82, 2.24) is 9.88 Å². The van der Waals surface area contributed by atoms with Gasteiger partial charge in [0.2, 0.25) is 5.91 Å². The van der Waals surface area contributed by atoms with E-state index in [-0.39, 0.29) is 11.5 Å². The van der Waals surface area contributed by atoms with Crippen LogP contribution in [-0.2, 0) is 4.74 Å². The number of hydrogen-bond donors (Lipinski definition) is 2. The van der Waals surface area contributed by atoms with Gasteiger partial charge in [-0.15, -0.1) is 0 Å². The molecule has 0 aromatic carbocycles. The predicted octanol–water partition coefficient (Wildman–Crippen LogP) is 1.14. The van der Waals surface area contributed by atoms with Gasteiger partial charge in [0.25, 0.3) is 5.91 Å². The van der Waals surface area contributed by atoms with Gasteiger partial charge in [-0.05, 0) is 32.3 Å². The number of carbonyl (C=O) groups excluding carboxylic acids is 2. The minimum Gasteiger partial charge on any atom is -0.378 e. The second-order valence-corrected chi connectivity index (χ2v) is 5.47. The van der Waals surface area contributed by atoms with Crippen molar-refractivity contribution in [3.05, 3.63) is 23.5 Å². The van der Waals surface area contributed by atoms with E-state index in [1.165, 1.54) is 12.3 Å². The molecule has 2 heterocycles. The molecule has 0 aliphatic carbocycles. The van der Waals surface area contributed by atoms with Crippen molar-refractivity contribution in [2.24, 2.45) is 5.73 Å². The van der Waals surface area contributed by atoms with Crippen LogP contribution in [0, 0.1) is 0 Å². The number of methoxy groups -OCH3 is 1. The Bertz CT molecular complexity index is 512. The highest BCUT2D eigenvalue weighted by atomic mass is 16.5. The lowest BCUT2D eigenvalue weighted by atomic mass is 9.97. The molecule has 20 heavy (non-hydrogen) atoms. The van der Waals surface area contributed by atoms with Crippen LogP contribution in [0.25, 0.3) is 0 Å². The molecule has 2 amide bonds. The molecule has 0 saturated carbocycles. The summed E-state index contributed by atoms with van der Waals surface area (Å²) in [4.78, 5) is 28.1. The first-order valence-corrected chi connectivity index (χ1v) is 6.78. The van der Waals surface area contributed by atoms with Gasteiger partial charge in [0.15, 0.2) is 0 Å². The van der Waals surface area contributed by atoms with Gasteiger partial charge >= 0.3 is 0 Å². The molecule has 1 fully saturated rings. The summed E-state index contributed by atoms with van der Waals surface area (Å²) in [6.45, 7) is 3.41. The van der Waals surface area contributed by atoms with Crippen LogP contribution < -0.4 is 5.73 Å². The van der Waals surface area contributed by atoms with Crippen molar-refractivity contribution in [2.75, 3.05) is 20.2 Å². The Morgan fingerprint density at radius 3 is 2.75 bits per heavy atom. The van der Waals surface area contributed by atoms with Crippen LogP contribution in [0.2, 0.25) is 0 Å². The molecule has 6 nitrogen and oxygen atoms in total. The molecule has 3 N–H and O–H groups in total. The molecule has 1 aromatic rings. The van der Waals surface area contributed by atoms with Gasteiger partial charge in [-0.2, -0.15) is 0 Å². The molecule has 110 valence electrons. The summed E-state index contributed by atoms with van der Waals surface area (Å²) >= 11 is 0. The monoisotopic (exact) mass is 279 g/mol. The summed E-state index contributed by atoms with van der Waals surface area (Å²) in [5.74, 6) is -0.638. The van der Waals surface area contributed by atoms with E-state index in [1.54, 1.807) is 12.0 Å².